The lowest BCUT2D eigenvalue weighted by molar-refractivity contribution is -0.128. The Labute approximate surface area is 94.6 Å². The number of nitrogens with one attached hydrogen (secondary N) is 1. The van der Waals surface area contributed by atoms with Crippen LogP contribution in [0.15, 0.2) is 12.4 Å². The van der Waals surface area contributed by atoms with Gasteiger partial charge in [0.05, 0.1) is 7.11 Å². The number of carbonyl (C=O) groups excluding carboxylic acids is 1. The van der Waals surface area contributed by atoms with Crippen molar-refractivity contribution >= 4 is 11.7 Å². The maximum Gasteiger partial charge on any atom is 0.223 e. The highest BCUT2D eigenvalue weighted by Crippen LogP contribution is 2.09. The Balaban J connectivity index is 2.40. The van der Waals surface area contributed by atoms with E-state index in [4.69, 9.17) is 4.74 Å². The Morgan fingerprint density at radius 1 is 1.50 bits per heavy atom. The molecule has 1 aromatic rings. The third kappa shape index (κ3) is 3.72. The van der Waals surface area contributed by atoms with Gasteiger partial charge in [0.25, 0.3) is 0 Å². The second kappa shape index (κ2) is 5.89. The van der Waals surface area contributed by atoms with Gasteiger partial charge < -0.3 is 15.0 Å². The van der Waals surface area contributed by atoms with Gasteiger partial charge in [-0.15, -0.1) is 0 Å². The number of rotatable bonds is 5. The molecule has 88 valence electrons. The monoisotopic (exact) mass is 224 g/mol. The number of anilines is 1. The minimum Gasteiger partial charge on any atom is -0.481 e. The average Bonchev–Trinajstić information content (AvgIpc) is 2.29. The van der Waals surface area contributed by atoms with E-state index in [0.717, 1.165) is 0 Å². The molecule has 0 aliphatic rings. The first-order chi connectivity index (χ1) is 7.63. The summed E-state index contributed by atoms with van der Waals surface area (Å²) in [5, 5.41) is 3.03. The summed E-state index contributed by atoms with van der Waals surface area (Å²) in [4.78, 5) is 20.7. The number of hydrogen-bond donors (Lipinski definition) is 1. The molecule has 0 fully saturated rings. The van der Waals surface area contributed by atoms with E-state index in [0.29, 0.717) is 24.7 Å². The number of amides is 1. The molecule has 6 nitrogen and oxygen atoms in total. The van der Waals surface area contributed by atoms with Gasteiger partial charge in [-0.25, -0.2) is 9.97 Å². The number of ether oxygens (including phenoxy) is 1. The predicted octanol–water partition coefficient (Wildman–Crippen LogP) is 0.375. The number of aromatic nitrogens is 2. The first-order valence-electron chi connectivity index (χ1n) is 4.93. The molecule has 1 N–H and O–H groups in total. The van der Waals surface area contributed by atoms with Crippen LogP contribution in [0.1, 0.15) is 6.42 Å². The van der Waals surface area contributed by atoms with Gasteiger partial charge in [0.2, 0.25) is 11.8 Å². The standard InChI is InChI=1S/C10H16N4O2/c1-14(2)10(15)4-5-11-8-6-9(16-3)13-7-12-8/h6-7H,4-5H2,1-3H3,(H,11,12,13). The zero-order valence-electron chi connectivity index (χ0n) is 9.73. The van der Waals surface area contributed by atoms with E-state index in [1.165, 1.54) is 6.33 Å². The van der Waals surface area contributed by atoms with E-state index in [2.05, 4.69) is 15.3 Å². The molecule has 1 heterocycles. The minimum atomic E-state index is 0.0773. The van der Waals surface area contributed by atoms with E-state index >= 15 is 0 Å². The average molecular weight is 224 g/mol. The Bertz CT molecular complexity index is 354. The molecule has 0 saturated heterocycles. The van der Waals surface area contributed by atoms with E-state index in [-0.39, 0.29) is 5.91 Å². The van der Waals surface area contributed by atoms with Crippen LogP contribution in [0.2, 0.25) is 0 Å². The van der Waals surface area contributed by atoms with E-state index in [1.807, 2.05) is 0 Å². The van der Waals surface area contributed by atoms with Gasteiger partial charge in [-0.1, -0.05) is 0 Å². The summed E-state index contributed by atoms with van der Waals surface area (Å²) in [6.45, 7) is 0.539. The third-order valence-corrected chi connectivity index (χ3v) is 1.99. The summed E-state index contributed by atoms with van der Waals surface area (Å²) < 4.78 is 4.95. The van der Waals surface area contributed by atoms with Crippen LogP contribution < -0.4 is 10.1 Å². The van der Waals surface area contributed by atoms with Crippen molar-refractivity contribution in [3.8, 4) is 5.88 Å². The van der Waals surface area contributed by atoms with Crippen molar-refractivity contribution in [2.45, 2.75) is 6.42 Å². The van der Waals surface area contributed by atoms with Crippen molar-refractivity contribution in [2.24, 2.45) is 0 Å². The molecule has 0 bridgehead atoms. The summed E-state index contributed by atoms with van der Waals surface area (Å²) in [7, 11) is 5.01. The molecule has 1 aromatic heterocycles. The smallest absolute Gasteiger partial charge is 0.223 e. The zero-order valence-corrected chi connectivity index (χ0v) is 9.73. The van der Waals surface area contributed by atoms with Crippen LogP contribution in [0, 0.1) is 0 Å². The predicted molar refractivity (Wildman–Crippen MR) is 60.4 cm³/mol. The Morgan fingerprint density at radius 2 is 2.25 bits per heavy atom. The van der Waals surface area contributed by atoms with Crippen molar-refractivity contribution in [2.75, 3.05) is 33.1 Å². The van der Waals surface area contributed by atoms with Gasteiger partial charge in [-0.2, -0.15) is 0 Å². The van der Waals surface area contributed by atoms with Crippen LogP contribution in [-0.2, 0) is 4.79 Å². The summed E-state index contributed by atoms with van der Waals surface area (Å²) in [5.74, 6) is 1.23. The van der Waals surface area contributed by atoms with Gasteiger partial charge in [-0.3, -0.25) is 4.79 Å². The highest BCUT2D eigenvalue weighted by Gasteiger charge is 2.03. The van der Waals surface area contributed by atoms with Crippen molar-refractivity contribution in [1.29, 1.82) is 0 Å². The molecule has 0 aliphatic heterocycles. The van der Waals surface area contributed by atoms with E-state index in [9.17, 15) is 4.79 Å². The molecule has 0 unspecified atom stereocenters. The Hall–Kier alpha value is -1.85. The topological polar surface area (TPSA) is 67.3 Å². The fourth-order valence-electron chi connectivity index (χ4n) is 1.07. The Kier molecular flexibility index (Phi) is 4.50. The van der Waals surface area contributed by atoms with Crippen LogP contribution in [0.5, 0.6) is 5.88 Å². The Morgan fingerprint density at radius 3 is 2.88 bits per heavy atom. The first-order valence-corrected chi connectivity index (χ1v) is 4.93. The highest BCUT2D eigenvalue weighted by molar-refractivity contribution is 5.76. The van der Waals surface area contributed by atoms with Crippen LogP contribution in [0.3, 0.4) is 0 Å². The molecular formula is C10H16N4O2. The summed E-state index contributed by atoms with van der Waals surface area (Å²) >= 11 is 0. The van der Waals surface area contributed by atoms with Crippen LogP contribution >= 0.6 is 0 Å². The molecule has 0 atom stereocenters. The third-order valence-electron chi connectivity index (χ3n) is 1.99. The molecule has 0 saturated carbocycles. The molecule has 1 amide bonds. The van der Waals surface area contributed by atoms with Gasteiger partial charge in [-0.05, 0) is 0 Å². The molecule has 6 heteroatoms. The number of nitrogens with zero attached hydrogens (tertiary/aromatic N) is 3. The maximum absolute atomic E-state index is 11.3. The fraction of sp³-hybridized carbons (Fsp3) is 0.500. The van der Waals surface area contributed by atoms with Crippen LogP contribution in [-0.4, -0.2) is 48.5 Å². The van der Waals surface area contributed by atoms with E-state index < -0.39 is 0 Å². The summed E-state index contributed by atoms with van der Waals surface area (Å²) in [6.07, 6.45) is 1.84. The fourth-order valence-corrected chi connectivity index (χ4v) is 1.07. The minimum absolute atomic E-state index is 0.0773. The van der Waals surface area contributed by atoms with Crippen molar-refractivity contribution in [3.63, 3.8) is 0 Å². The maximum atomic E-state index is 11.3. The molecular weight excluding hydrogens is 208 g/mol. The molecule has 0 radical (unpaired) electrons. The van der Waals surface area contributed by atoms with Crippen LogP contribution in [0.4, 0.5) is 5.82 Å². The van der Waals surface area contributed by atoms with E-state index in [1.54, 1.807) is 32.2 Å². The molecule has 0 aliphatic carbocycles. The van der Waals surface area contributed by atoms with Gasteiger partial charge in [0.1, 0.15) is 12.1 Å². The number of carbonyl (C=O) groups is 1. The zero-order chi connectivity index (χ0) is 12.0. The molecule has 16 heavy (non-hydrogen) atoms. The highest BCUT2D eigenvalue weighted by atomic mass is 16.5. The quantitative estimate of drug-likeness (QED) is 0.783. The second-order valence-electron chi connectivity index (χ2n) is 3.41. The second-order valence-corrected chi connectivity index (χ2v) is 3.41. The van der Waals surface area contributed by atoms with Crippen molar-refractivity contribution in [1.82, 2.24) is 14.9 Å². The lowest BCUT2D eigenvalue weighted by Gasteiger charge is -2.10. The first kappa shape index (κ1) is 12.2. The number of methoxy groups -OCH3 is 1. The molecule has 0 aromatic carbocycles. The SMILES string of the molecule is COc1cc(NCCC(=O)N(C)C)ncn1. The van der Waals surface area contributed by atoms with Gasteiger partial charge in [0.15, 0.2) is 0 Å². The summed E-state index contributed by atoms with van der Waals surface area (Å²) in [5.41, 5.74) is 0. The van der Waals surface area contributed by atoms with Crippen molar-refractivity contribution in [3.05, 3.63) is 12.4 Å². The molecule has 1 rings (SSSR count). The summed E-state index contributed by atoms with van der Waals surface area (Å²) in [6, 6.07) is 1.68. The number of hydrogen-bond acceptors (Lipinski definition) is 5. The lowest BCUT2D eigenvalue weighted by Crippen LogP contribution is -2.24. The largest absolute Gasteiger partial charge is 0.481 e. The normalized spacial score (nSPS) is 9.69. The lowest BCUT2D eigenvalue weighted by atomic mass is 10.4. The van der Waals surface area contributed by atoms with Crippen molar-refractivity contribution < 1.29 is 9.53 Å². The van der Waals surface area contributed by atoms with Crippen LogP contribution in [0.25, 0.3) is 0 Å². The van der Waals surface area contributed by atoms with Gasteiger partial charge in [0, 0.05) is 33.1 Å². The van der Waals surface area contributed by atoms with Gasteiger partial charge >= 0.3 is 0 Å². The molecule has 0 spiro atoms.